The molecule has 1 saturated heterocycles. The van der Waals surface area contributed by atoms with Gasteiger partial charge in [-0.05, 0) is 36.8 Å². The van der Waals surface area contributed by atoms with E-state index in [0.717, 1.165) is 12.1 Å². The third kappa shape index (κ3) is 4.73. The molecule has 0 unspecified atom stereocenters. The maximum absolute atomic E-state index is 13.2. The molecule has 30 heavy (non-hydrogen) atoms. The number of rotatable bonds is 7. The molecule has 1 fully saturated rings. The van der Waals surface area contributed by atoms with E-state index in [2.05, 4.69) is 4.90 Å². The topological polar surface area (TPSA) is 81.2 Å². The number of hydrogen-bond donors (Lipinski definition) is 1. The lowest BCUT2D eigenvalue weighted by Crippen LogP contribution is -2.52. The minimum Gasteiger partial charge on any atom is -0.395 e. The molecule has 0 saturated carbocycles. The largest absolute Gasteiger partial charge is 0.395 e. The average molecular weight is 432 g/mol. The Kier molecular flexibility index (Phi) is 7.25. The summed E-state index contributed by atoms with van der Waals surface area (Å²) in [6, 6.07) is 15.5. The van der Waals surface area contributed by atoms with E-state index in [1.54, 1.807) is 19.2 Å². The van der Waals surface area contributed by atoms with E-state index in [4.69, 9.17) is 0 Å². The maximum Gasteiger partial charge on any atom is 0.258 e. The number of piperazine rings is 1. The van der Waals surface area contributed by atoms with Gasteiger partial charge in [-0.3, -0.25) is 9.69 Å². The van der Waals surface area contributed by atoms with Crippen molar-refractivity contribution in [2.45, 2.75) is 24.3 Å². The van der Waals surface area contributed by atoms with Crippen molar-refractivity contribution < 1.29 is 18.3 Å². The van der Waals surface area contributed by atoms with Crippen LogP contribution in [0.4, 0.5) is 5.69 Å². The number of carbonyl (C=O) groups excluding carboxylic acids is 1. The van der Waals surface area contributed by atoms with Crippen molar-refractivity contribution in [2.75, 3.05) is 44.7 Å². The number of aliphatic hydroxyl groups excluding tert-OH is 1. The fraction of sp³-hybridized carbons (Fsp3) is 0.409. The Morgan fingerprint density at radius 3 is 2.33 bits per heavy atom. The van der Waals surface area contributed by atoms with Crippen molar-refractivity contribution >= 4 is 21.6 Å². The molecule has 0 aliphatic carbocycles. The van der Waals surface area contributed by atoms with Gasteiger partial charge in [-0.25, -0.2) is 8.42 Å². The quantitative estimate of drug-likeness (QED) is 0.726. The van der Waals surface area contributed by atoms with Crippen LogP contribution in [-0.2, 0) is 10.0 Å². The minimum atomic E-state index is -3.70. The molecule has 1 aliphatic rings. The SMILES string of the molecule is CC[C@@H](CO)N1CCN(S(=O)(=O)c2cccc(C(=O)N(C)c3ccccc3)c2)CC1. The monoisotopic (exact) mass is 431 g/mol. The molecule has 1 N–H and O–H groups in total. The second kappa shape index (κ2) is 9.70. The molecule has 0 spiro atoms. The Morgan fingerprint density at radius 2 is 1.73 bits per heavy atom. The molecule has 8 heteroatoms. The van der Waals surface area contributed by atoms with Gasteiger partial charge in [0.05, 0.1) is 11.5 Å². The molecule has 0 aromatic heterocycles. The lowest BCUT2D eigenvalue weighted by Gasteiger charge is -2.37. The molecule has 2 aromatic rings. The van der Waals surface area contributed by atoms with E-state index in [-0.39, 0.29) is 23.5 Å². The number of sulfonamides is 1. The zero-order valence-electron chi connectivity index (χ0n) is 17.4. The Hall–Kier alpha value is -2.26. The van der Waals surface area contributed by atoms with Crippen LogP contribution in [-0.4, -0.2) is 74.5 Å². The van der Waals surface area contributed by atoms with Gasteiger partial charge in [-0.2, -0.15) is 4.31 Å². The lowest BCUT2D eigenvalue weighted by atomic mass is 10.2. The van der Waals surface area contributed by atoms with E-state index in [9.17, 15) is 18.3 Å². The van der Waals surface area contributed by atoms with Crippen LogP contribution in [0.25, 0.3) is 0 Å². The standard InChI is InChI=1S/C22H29N3O4S/c1-3-19(17-26)24-12-14-25(15-13-24)30(28,29)21-11-7-8-18(16-21)22(27)23(2)20-9-5-4-6-10-20/h4-11,16,19,26H,3,12-15,17H2,1-2H3/t19-/m0/s1. The van der Waals surface area contributed by atoms with Gasteiger partial charge in [0.15, 0.2) is 0 Å². The number of para-hydroxylation sites is 1. The van der Waals surface area contributed by atoms with Crippen LogP contribution in [0.15, 0.2) is 59.5 Å². The normalized spacial score (nSPS) is 16.9. The summed E-state index contributed by atoms with van der Waals surface area (Å²) in [4.78, 5) is 16.6. The zero-order chi connectivity index (χ0) is 21.7. The fourth-order valence-corrected chi connectivity index (χ4v) is 5.18. The summed E-state index contributed by atoms with van der Waals surface area (Å²) in [7, 11) is -2.03. The molecule has 0 bridgehead atoms. The van der Waals surface area contributed by atoms with Gasteiger partial charge in [-0.15, -0.1) is 0 Å². The Balaban J connectivity index is 1.76. The van der Waals surface area contributed by atoms with Gasteiger partial charge >= 0.3 is 0 Å². The van der Waals surface area contributed by atoms with Crippen LogP contribution in [0, 0.1) is 0 Å². The number of amides is 1. The Labute approximate surface area is 178 Å². The molecule has 7 nitrogen and oxygen atoms in total. The third-order valence-electron chi connectivity index (χ3n) is 5.64. The summed E-state index contributed by atoms with van der Waals surface area (Å²) in [5.41, 5.74) is 1.06. The predicted octanol–water partition coefficient (Wildman–Crippen LogP) is 2.04. The van der Waals surface area contributed by atoms with Gasteiger partial charge in [0.2, 0.25) is 10.0 Å². The molecule has 1 aliphatic heterocycles. The van der Waals surface area contributed by atoms with E-state index >= 15 is 0 Å². The highest BCUT2D eigenvalue weighted by molar-refractivity contribution is 7.89. The van der Waals surface area contributed by atoms with Crippen LogP contribution in [0.1, 0.15) is 23.7 Å². The summed E-state index contributed by atoms with van der Waals surface area (Å²) >= 11 is 0. The van der Waals surface area contributed by atoms with Gasteiger partial charge in [0.1, 0.15) is 0 Å². The smallest absolute Gasteiger partial charge is 0.258 e. The van der Waals surface area contributed by atoms with Crippen molar-refractivity contribution in [3.63, 3.8) is 0 Å². The van der Waals surface area contributed by atoms with Crippen LogP contribution in [0.3, 0.4) is 0 Å². The number of hydrogen-bond acceptors (Lipinski definition) is 5. The van der Waals surface area contributed by atoms with Gasteiger partial charge in [0, 0.05) is 50.5 Å². The molecular weight excluding hydrogens is 402 g/mol. The first kappa shape index (κ1) is 22.4. The first-order valence-corrected chi connectivity index (χ1v) is 11.6. The summed E-state index contributed by atoms with van der Waals surface area (Å²) in [5, 5.41) is 9.48. The van der Waals surface area contributed by atoms with E-state index in [1.807, 2.05) is 37.3 Å². The van der Waals surface area contributed by atoms with E-state index in [0.29, 0.717) is 31.7 Å². The number of benzene rings is 2. The summed E-state index contributed by atoms with van der Waals surface area (Å²) in [5.74, 6) is -0.267. The second-order valence-electron chi connectivity index (χ2n) is 7.41. The minimum absolute atomic E-state index is 0.0596. The Morgan fingerprint density at radius 1 is 1.07 bits per heavy atom. The average Bonchev–Trinajstić information content (AvgIpc) is 2.80. The van der Waals surface area contributed by atoms with Crippen molar-refractivity contribution in [2.24, 2.45) is 0 Å². The first-order chi connectivity index (χ1) is 14.4. The number of carbonyl (C=O) groups is 1. The van der Waals surface area contributed by atoms with E-state index < -0.39 is 10.0 Å². The van der Waals surface area contributed by atoms with Crippen LogP contribution in [0.5, 0.6) is 0 Å². The molecule has 2 aromatic carbocycles. The number of nitrogens with zero attached hydrogens (tertiary/aromatic N) is 3. The van der Waals surface area contributed by atoms with Crippen molar-refractivity contribution in [1.29, 1.82) is 0 Å². The van der Waals surface area contributed by atoms with Crippen molar-refractivity contribution in [3.05, 3.63) is 60.2 Å². The van der Waals surface area contributed by atoms with Crippen molar-refractivity contribution in [1.82, 2.24) is 9.21 Å². The highest BCUT2D eigenvalue weighted by atomic mass is 32.2. The number of aliphatic hydroxyl groups is 1. The van der Waals surface area contributed by atoms with Crippen LogP contribution >= 0.6 is 0 Å². The third-order valence-corrected chi connectivity index (χ3v) is 7.53. The van der Waals surface area contributed by atoms with Gasteiger partial charge in [0.25, 0.3) is 5.91 Å². The molecule has 1 atom stereocenters. The lowest BCUT2D eigenvalue weighted by molar-refractivity contribution is 0.0881. The predicted molar refractivity (Wildman–Crippen MR) is 117 cm³/mol. The highest BCUT2D eigenvalue weighted by Crippen LogP contribution is 2.22. The molecular formula is C22H29N3O4S. The molecule has 1 amide bonds. The van der Waals surface area contributed by atoms with Crippen LogP contribution in [0.2, 0.25) is 0 Å². The summed E-state index contributed by atoms with van der Waals surface area (Å²) < 4.78 is 27.8. The molecule has 1 heterocycles. The van der Waals surface area contributed by atoms with Crippen molar-refractivity contribution in [3.8, 4) is 0 Å². The van der Waals surface area contributed by atoms with Gasteiger partial charge in [-0.1, -0.05) is 31.2 Å². The Bertz CT molecular complexity index is 953. The highest BCUT2D eigenvalue weighted by Gasteiger charge is 2.31. The zero-order valence-corrected chi connectivity index (χ0v) is 18.3. The first-order valence-electron chi connectivity index (χ1n) is 10.2. The van der Waals surface area contributed by atoms with E-state index in [1.165, 1.54) is 21.3 Å². The van der Waals surface area contributed by atoms with Crippen LogP contribution < -0.4 is 4.90 Å². The molecule has 162 valence electrons. The number of anilines is 1. The van der Waals surface area contributed by atoms with Gasteiger partial charge < -0.3 is 10.0 Å². The second-order valence-corrected chi connectivity index (χ2v) is 9.35. The molecule has 3 rings (SSSR count). The molecule has 0 radical (unpaired) electrons. The summed E-state index contributed by atoms with van der Waals surface area (Å²) in [6.07, 6.45) is 0.822. The summed E-state index contributed by atoms with van der Waals surface area (Å²) in [6.45, 7) is 3.96. The maximum atomic E-state index is 13.2. The fourth-order valence-electron chi connectivity index (χ4n) is 3.71.